The van der Waals surface area contributed by atoms with Gasteiger partial charge in [0.1, 0.15) is 11.5 Å². The van der Waals surface area contributed by atoms with Crippen molar-refractivity contribution in [2.24, 2.45) is 7.05 Å². The molecule has 2 aromatic carbocycles. The number of methoxy groups -OCH3 is 2. The maximum absolute atomic E-state index is 14.0. The van der Waals surface area contributed by atoms with E-state index in [0.29, 0.717) is 5.69 Å². The Hall–Kier alpha value is -4.21. The molecule has 2 aromatic heterocycles. The van der Waals surface area contributed by atoms with Gasteiger partial charge in [-0.3, -0.25) is 10.1 Å². The topological polar surface area (TPSA) is 104 Å². The van der Waals surface area contributed by atoms with Crippen molar-refractivity contribution in [3.63, 3.8) is 0 Å². The number of ether oxygens (including phenoxy) is 2. The van der Waals surface area contributed by atoms with Crippen LogP contribution in [0.3, 0.4) is 0 Å². The third kappa shape index (κ3) is 3.66. The van der Waals surface area contributed by atoms with E-state index in [4.69, 9.17) is 9.47 Å². The lowest BCUT2D eigenvalue weighted by atomic mass is 10.1. The summed E-state index contributed by atoms with van der Waals surface area (Å²) < 4.78 is 26.4. The summed E-state index contributed by atoms with van der Waals surface area (Å²) in [7, 11) is 4.90. The van der Waals surface area contributed by atoms with E-state index in [-0.39, 0.29) is 17.4 Å². The van der Waals surface area contributed by atoms with Crippen molar-refractivity contribution < 1.29 is 18.8 Å². The molecule has 4 rings (SSSR count). The predicted molar refractivity (Wildman–Crippen MR) is 118 cm³/mol. The summed E-state index contributed by atoms with van der Waals surface area (Å²) >= 11 is 0. The summed E-state index contributed by atoms with van der Waals surface area (Å²) in [5, 5.41) is 15.0. The van der Waals surface area contributed by atoms with Crippen LogP contribution in [0.4, 0.5) is 21.7 Å². The summed E-state index contributed by atoms with van der Waals surface area (Å²) in [6.45, 7) is 1.89. The molecule has 0 aliphatic heterocycles. The molecule has 10 heteroatoms. The average Bonchev–Trinajstić information content (AvgIpc) is 3.11. The van der Waals surface area contributed by atoms with Gasteiger partial charge in [-0.1, -0.05) is 0 Å². The van der Waals surface area contributed by atoms with Gasteiger partial charge in [0.05, 0.1) is 36.0 Å². The fourth-order valence-electron chi connectivity index (χ4n) is 3.52. The van der Waals surface area contributed by atoms with Crippen molar-refractivity contribution in [1.82, 2.24) is 14.5 Å². The van der Waals surface area contributed by atoms with Crippen LogP contribution >= 0.6 is 0 Å². The molecule has 0 spiro atoms. The molecule has 1 N–H and O–H groups in total. The van der Waals surface area contributed by atoms with Crippen molar-refractivity contribution in [2.75, 3.05) is 19.5 Å². The van der Waals surface area contributed by atoms with E-state index in [1.807, 2.05) is 42.9 Å². The number of nitro groups is 1. The van der Waals surface area contributed by atoms with Crippen LogP contribution < -0.4 is 14.8 Å². The standard InChI is InChI=1S/C22H20FN5O4/c1-12-10-24-22(25-17-9-19(28(29)30)16(23)8-20(17)32-4)26-21(12)15-11-27(2)18-7-13(31-3)5-6-14(15)18/h5-11H,1-4H3,(H,24,25,26). The Morgan fingerprint density at radius 2 is 1.97 bits per heavy atom. The summed E-state index contributed by atoms with van der Waals surface area (Å²) in [6, 6.07) is 7.79. The van der Waals surface area contributed by atoms with E-state index >= 15 is 0 Å². The van der Waals surface area contributed by atoms with Crippen LogP contribution in [0.15, 0.2) is 42.7 Å². The van der Waals surface area contributed by atoms with Gasteiger partial charge >= 0.3 is 5.69 Å². The molecule has 0 amide bonds. The summed E-state index contributed by atoms with van der Waals surface area (Å²) in [5.41, 5.74) is 2.90. The van der Waals surface area contributed by atoms with E-state index in [1.165, 1.54) is 7.11 Å². The second-order valence-corrected chi connectivity index (χ2v) is 7.15. The minimum atomic E-state index is -0.992. The minimum Gasteiger partial charge on any atom is -0.497 e. The molecule has 0 saturated carbocycles. The first-order valence-electron chi connectivity index (χ1n) is 9.58. The largest absolute Gasteiger partial charge is 0.497 e. The molecule has 0 radical (unpaired) electrons. The number of aryl methyl sites for hydroxylation is 2. The number of nitrogens with one attached hydrogen (secondary N) is 1. The monoisotopic (exact) mass is 437 g/mol. The number of fused-ring (bicyclic) bond motifs is 1. The molecule has 0 saturated heterocycles. The second-order valence-electron chi connectivity index (χ2n) is 7.15. The SMILES string of the molecule is COc1ccc2c(-c3nc(Nc4cc([N+](=O)[O-])c(F)cc4OC)ncc3C)cn(C)c2c1. The normalized spacial score (nSPS) is 10.9. The Bertz CT molecular complexity index is 1350. The van der Waals surface area contributed by atoms with Crippen LogP contribution in [0.1, 0.15) is 5.56 Å². The van der Waals surface area contributed by atoms with E-state index in [0.717, 1.165) is 39.9 Å². The van der Waals surface area contributed by atoms with Crippen LogP contribution in [0.5, 0.6) is 11.5 Å². The van der Waals surface area contributed by atoms with E-state index < -0.39 is 16.4 Å². The Kier molecular flexibility index (Phi) is 5.35. The minimum absolute atomic E-state index is 0.0936. The molecular weight excluding hydrogens is 417 g/mol. The summed E-state index contributed by atoms with van der Waals surface area (Å²) in [5.74, 6) is 0.0394. The van der Waals surface area contributed by atoms with Crippen molar-refractivity contribution in [1.29, 1.82) is 0 Å². The summed E-state index contributed by atoms with van der Waals surface area (Å²) in [6.07, 6.45) is 3.62. The van der Waals surface area contributed by atoms with Crippen molar-refractivity contribution in [3.8, 4) is 22.8 Å². The zero-order valence-electron chi connectivity index (χ0n) is 17.8. The quantitative estimate of drug-likeness (QED) is 0.343. The number of rotatable bonds is 6. The molecule has 0 fully saturated rings. The molecular formula is C22H20FN5O4. The molecule has 0 bridgehead atoms. The van der Waals surface area contributed by atoms with Gasteiger partial charge in [-0.25, -0.2) is 9.97 Å². The lowest BCUT2D eigenvalue weighted by Gasteiger charge is -2.12. The van der Waals surface area contributed by atoms with Gasteiger partial charge in [0.25, 0.3) is 0 Å². The molecule has 32 heavy (non-hydrogen) atoms. The number of benzene rings is 2. The van der Waals surface area contributed by atoms with Crippen LogP contribution in [0, 0.1) is 22.9 Å². The number of halogens is 1. The Morgan fingerprint density at radius 3 is 2.66 bits per heavy atom. The lowest BCUT2D eigenvalue weighted by molar-refractivity contribution is -0.387. The Labute approximate surface area is 182 Å². The van der Waals surface area contributed by atoms with Gasteiger partial charge in [0.2, 0.25) is 11.8 Å². The maximum Gasteiger partial charge on any atom is 0.307 e. The first kappa shape index (κ1) is 21.0. The third-order valence-corrected chi connectivity index (χ3v) is 5.14. The molecule has 0 aliphatic rings. The van der Waals surface area contributed by atoms with Gasteiger partial charge < -0.3 is 19.4 Å². The van der Waals surface area contributed by atoms with Gasteiger partial charge in [-0.2, -0.15) is 4.39 Å². The Morgan fingerprint density at radius 1 is 1.19 bits per heavy atom. The lowest BCUT2D eigenvalue weighted by Crippen LogP contribution is -2.03. The van der Waals surface area contributed by atoms with Crippen LogP contribution in [0.25, 0.3) is 22.2 Å². The fraction of sp³-hybridized carbons (Fsp3) is 0.182. The number of nitrogens with zero attached hydrogens (tertiary/aromatic N) is 4. The number of hydrogen-bond acceptors (Lipinski definition) is 7. The fourth-order valence-corrected chi connectivity index (χ4v) is 3.52. The van der Waals surface area contributed by atoms with Crippen molar-refractivity contribution in [2.45, 2.75) is 6.92 Å². The zero-order chi connectivity index (χ0) is 23.0. The molecule has 4 aromatic rings. The first-order chi connectivity index (χ1) is 15.3. The molecule has 2 heterocycles. The molecule has 0 aliphatic carbocycles. The highest BCUT2D eigenvalue weighted by Gasteiger charge is 2.20. The second kappa shape index (κ2) is 8.14. The highest BCUT2D eigenvalue weighted by molar-refractivity contribution is 5.96. The van der Waals surface area contributed by atoms with Gasteiger partial charge in [0.15, 0.2) is 0 Å². The smallest absolute Gasteiger partial charge is 0.307 e. The Balaban J connectivity index is 1.79. The predicted octanol–water partition coefficient (Wildman–Crippen LogP) is 4.75. The molecule has 164 valence electrons. The maximum atomic E-state index is 14.0. The van der Waals surface area contributed by atoms with Gasteiger partial charge in [-0.15, -0.1) is 0 Å². The number of nitro benzene ring substituents is 1. The average molecular weight is 437 g/mol. The highest BCUT2D eigenvalue weighted by Crippen LogP contribution is 2.36. The van der Waals surface area contributed by atoms with Crippen molar-refractivity contribution >= 4 is 28.2 Å². The highest BCUT2D eigenvalue weighted by atomic mass is 19.1. The van der Waals surface area contributed by atoms with Crippen LogP contribution in [-0.4, -0.2) is 33.7 Å². The van der Waals surface area contributed by atoms with Crippen molar-refractivity contribution in [3.05, 3.63) is 64.2 Å². The van der Waals surface area contributed by atoms with E-state index in [2.05, 4.69) is 15.3 Å². The van der Waals surface area contributed by atoms with Gasteiger partial charge in [0, 0.05) is 48.6 Å². The van der Waals surface area contributed by atoms with Gasteiger partial charge in [-0.05, 0) is 24.6 Å². The molecule has 0 atom stereocenters. The van der Waals surface area contributed by atoms with E-state index in [1.54, 1.807) is 13.3 Å². The van der Waals surface area contributed by atoms with E-state index in [9.17, 15) is 14.5 Å². The molecule has 9 nitrogen and oxygen atoms in total. The van der Waals surface area contributed by atoms with Crippen LogP contribution in [0.2, 0.25) is 0 Å². The zero-order valence-corrected chi connectivity index (χ0v) is 17.8. The van der Waals surface area contributed by atoms with Crippen LogP contribution in [-0.2, 0) is 7.05 Å². The summed E-state index contributed by atoms with van der Waals surface area (Å²) in [4.78, 5) is 19.2. The first-order valence-corrected chi connectivity index (χ1v) is 9.58. The number of anilines is 2. The third-order valence-electron chi connectivity index (χ3n) is 5.14. The number of aromatic nitrogens is 3. The number of hydrogen-bond donors (Lipinski definition) is 1. The molecule has 0 unspecified atom stereocenters.